The molecule has 1 atom stereocenters. The van der Waals surface area contributed by atoms with Crippen molar-refractivity contribution in [3.63, 3.8) is 0 Å². The zero-order valence-electron chi connectivity index (χ0n) is 8.29. The number of halogens is 1. The van der Waals surface area contributed by atoms with E-state index in [-0.39, 0.29) is 5.92 Å². The first-order chi connectivity index (χ1) is 6.69. The third-order valence-electron chi connectivity index (χ3n) is 2.19. The first-order valence-corrected chi connectivity index (χ1v) is 4.84. The number of aldehydes is 1. The fraction of sp³-hybridized carbons (Fsp3) is 0.364. The van der Waals surface area contributed by atoms with Gasteiger partial charge in [-0.2, -0.15) is 0 Å². The van der Waals surface area contributed by atoms with Crippen LogP contribution >= 0.6 is 11.6 Å². The predicted molar refractivity (Wildman–Crippen MR) is 57.1 cm³/mol. The van der Waals surface area contributed by atoms with E-state index in [1.54, 1.807) is 13.2 Å². The molecule has 1 aromatic carbocycles. The van der Waals surface area contributed by atoms with Crippen LogP contribution < -0.4 is 4.74 Å². The molecule has 0 fully saturated rings. The Morgan fingerprint density at radius 2 is 2.29 bits per heavy atom. The van der Waals surface area contributed by atoms with Gasteiger partial charge in [-0.15, -0.1) is 0 Å². The first-order valence-electron chi connectivity index (χ1n) is 4.46. The van der Waals surface area contributed by atoms with Gasteiger partial charge in [-0.05, 0) is 23.6 Å². The molecular formula is C11H13ClO2. The van der Waals surface area contributed by atoms with E-state index in [1.807, 2.05) is 19.1 Å². The second-order valence-electron chi connectivity index (χ2n) is 3.19. The maximum atomic E-state index is 10.4. The van der Waals surface area contributed by atoms with E-state index in [9.17, 15) is 4.79 Å². The summed E-state index contributed by atoms with van der Waals surface area (Å²) in [5.41, 5.74) is 0.986. The normalized spacial score (nSPS) is 12.2. The van der Waals surface area contributed by atoms with Crippen molar-refractivity contribution in [2.75, 3.05) is 7.11 Å². The quantitative estimate of drug-likeness (QED) is 0.718. The summed E-state index contributed by atoms with van der Waals surface area (Å²) in [6, 6.07) is 5.51. The smallest absolute Gasteiger partial charge is 0.120 e. The van der Waals surface area contributed by atoms with Gasteiger partial charge in [0.15, 0.2) is 0 Å². The molecule has 0 bridgehead atoms. The molecule has 14 heavy (non-hydrogen) atoms. The Labute approximate surface area is 88.8 Å². The van der Waals surface area contributed by atoms with Crippen molar-refractivity contribution in [1.82, 2.24) is 0 Å². The number of carbonyl (C=O) groups excluding carboxylic acids is 1. The topological polar surface area (TPSA) is 26.3 Å². The average molecular weight is 213 g/mol. The highest BCUT2D eigenvalue weighted by molar-refractivity contribution is 6.31. The summed E-state index contributed by atoms with van der Waals surface area (Å²) in [7, 11) is 1.60. The van der Waals surface area contributed by atoms with Gasteiger partial charge in [0, 0.05) is 11.4 Å². The van der Waals surface area contributed by atoms with E-state index in [0.29, 0.717) is 11.4 Å². The zero-order valence-corrected chi connectivity index (χ0v) is 9.04. The number of methoxy groups -OCH3 is 1. The van der Waals surface area contributed by atoms with Crippen molar-refractivity contribution in [3.05, 3.63) is 28.8 Å². The van der Waals surface area contributed by atoms with Crippen LogP contribution in [-0.2, 0) is 4.79 Å². The van der Waals surface area contributed by atoms with Crippen molar-refractivity contribution in [1.29, 1.82) is 0 Å². The lowest BCUT2D eigenvalue weighted by Crippen LogP contribution is -1.95. The van der Waals surface area contributed by atoms with Crippen LogP contribution in [0.1, 0.15) is 24.8 Å². The average Bonchev–Trinajstić information content (AvgIpc) is 2.17. The molecule has 1 unspecified atom stereocenters. The van der Waals surface area contributed by atoms with Crippen LogP contribution in [0, 0.1) is 0 Å². The summed E-state index contributed by atoms with van der Waals surface area (Å²) in [5, 5.41) is 0.652. The summed E-state index contributed by atoms with van der Waals surface area (Å²) in [5.74, 6) is 0.892. The lowest BCUT2D eigenvalue weighted by molar-refractivity contribution is -0.108. The molecule has 0 aliphatic rings. The molecule has 0 spiro atoms. The molecule has 76 valence electrons. The third-order valence-corrected chi connectivity index (χ3v) is 2.52. The molecule has 1 rings (SSSR count). The Bertz CT molecular complexity index is 323. The first kappa shape index (κ1) is 11.1. The maximum Gasteiger partial charge on any atom is 0.120 e. The van der Waals surface area contributed by atoms with Gasteiger partial charge in [-0.25, -0.2) is 0 Å². The van der Waals surface area contributed by atoms with E-state index in [1.165, 1.54) is 0 Å². The molecule has 0 heterocycles. The van der Waals surface area contributed by atoms with Crippen LogP contribution in [0.25, 0.3) is 0 Å². The fourth-order valence-corrected chi connectivity index (χ4v) is 1.66. The van der Waals surface area contributed by atoms with Gasteiger partial charge in [0.2, 0.25) is 0 Å². The Morgan fingerprint density at radius 1 is 1.57 bits per heavy atom. The highest BCUT2D eigenvalue weighted by Gasteiger charge is 2.09. The molecule has 0 saturated heterocycles. The number of benzene rings is 1. The summed E-state index contributed by atoms with van der Waals surface area (Å²) in [6.07, 6.45) is 1.40. The van der Waals surface area contributed by atoms with Crippen LogP contribution in [0.5, 0.6) is 5.75 Å². The third kappa shape index (κ3) is 2.48. The number of ether oxygens (including phenoxy) is 1. The SMILES string of the molecule is COc1ccc(C(C)CC=O)c(Cl)c1. The molecule has 0 saturated carbocycles. The largest absolute Gasteiger partial charge is 0.497 e. The van der Waals surface area contributed by atoms with E-state index >= 15 is 0 Å². The van der Waals surface area contributed by atoms with Crippen molar-refractivity contribution in [2.24, 2.45) is 0 Å². The molecule has 0 radical (unpaired) electrons. The van der Waals surface area contributed by atoms with Crippen LogP contribution in [0.2, 0.25) is 5.02 Å². The molecule has 0 aliphatic heterocycles. The van der Waals surface area contributed by atoms with Gasteiger partial charge in [0.1, 0.15) is 12.0 Å². The highest BCUT2D eigenvalue weighted by atomic mass is 35.5. The van der Waals surface area contributed by atoms with Crippen LogP contribution in [-0.4, -0.2) is 13.4 Å². The highest BCUT2D eigenvalue weighted by Crippen LogP contribution is 2.29. The second-order valence-corrected chi connectivity index (χ2v) is 3.60. The second kappa shape index (κ2) is 5.01. The van der Waals surface area contributed by atoms with Crippen molar-refractivity contribution >= 4 is 17.9 Å². The Kier molecular flexibility index (Phi) is 3.96. The minimum atomic E-state index is 0.158. The van der Waals surface area contributed by atoms with Crippen LogP contribution in [0.3, 0.4) is 0 Å². The van der Waals surface area contributed by atoms with Gasteiger partial charge in [-0.1, -0.05) is 24.6 Å². The minimum absolute atomic E-state index is 0.158. The lowest BCUT2D eigenvalue weighted by atomic mass is 9.98. The summed E-state index contributed by atoms with van der Waals surface area (Å²) in [6.45, 7) is 1.97. The number of carbonyl (C=O) groups is 1. The van der Waals surface area contributed by atoms with E-state index in [0.717, 1.165) is 17.6 Å². The fourth-order valence-electron chi connectivity index (χ4n) is 1.31. The monoisotopic (exact) mass is 212 g/mol. The van der Waals surface area contributed by atoms with Gasteiger partial charge < -0.3 is 9.53 Å². The van der Waals surface area contributed by atoms with Crippen molar-refractivity contribution in [3.8, 4) is 5.75 Å². The molecule has 2 nitrogen and oxygen atoms in total. The van der Waals surface area contributed by atoms with Crippen LogP contribution in [0.15, 0.2) is 18.2 Å². The van der Waals surface area contributed by atoms with Crippen LogP contribution in [0.4, 0.5) is 0 Å². The van der Waals surface area contributed by atoms with Gasteiger partial charge >= 0.3 is 0 Å². The summed E-state index contributed by atoms with van der Waals surface area (Å²) < 4.78 is 5.04. The van der Waals surface area contributed by atoms with E-state index < -0.39 is 0 Å². The molecular weight excluding hydrogens is 200 g/mol. The molecule has 1 aromatic rings. The van der Waals surface area contributed by atoms with E-state index in [2.05, 4.69) is 0 Å². The number of rotatable bonds is 4. The molecule has 0 aliphatic carbocycles. The number of hydrogen-bond donors (Lipinski definition) is 0. The van der Waals surface area contributed by atoms with Gasteiger partial charge in [-0.3, -0.25) is 0 Å². The molecule has 0 N–H and O–H groups in total. The van der Waals surface area contributed by atoms with Gasteiger partial charge in [0.25, 0.3) is 0 Å². The predicted octanol–water partition coefficient (Wildman–Crippen LogP) is 3.04. The Hall–Kier alpha value is -1.02. The molecule has 3 heteroatoms. The molecule has 0 amide bonds. The maximum absolute atomic E-state index is 10.4. The number of hydrogen-bond acceptors (Lipinski definition) is 2. The van der Waals surface area contributed by atoms with Crippen molar-refractivity contribution in [2.45, 2.75) is 19.3 Å². The summed E-state index contributed by atoms with van der Waals surface area (Å²) >= 11 is 6.04. The van der Waals surface area contributed by atoms with E-state index in [4.69, 9.17) is 16.3 Å². The zero-order chi connectivity index (χ0) is 10.6. The standard InChI is InChI=1S/C11H13ClO2/c1-8(5-6-13)10-4-3-9(14-2)7-11(10)12/h3-4,6-8H,5H2,1-2H3. The Balaban J connectivity index is 2.93. The van der Waals surface area contributed by atoms with Gasteiger partial charge in [0.05, 0.1) is 7.11 Å². The summed E-state index contributed by atoms with van der Waals surface area (Å²) in [4.78, 5) is 10.4. The Morgan fingerprint density at radius 3 is 2.79 bits per heavy atom. The minimum Gasteiger partial charge on any atom is -0.497 e. The van der Waals surface area contributed by atoms with Crippen molar-refractivity contribution < 1.29 is 9.53 Å². The molecule has 0 aromatic heterocycles. The lowest BCUT2D eigenvalue weighted by Gasteiger charge is -2.11.